The standard InChI is InChI=1S/C32H42/c1-3-4-5-6-7-8-26-11-15-28(16-12-26)30-19-23-32(24-20-30)31-21-17-29(18-22-31)27-13-9-25(2)10-14-27/h13,15,17-26H,3-12,14,16H2,1-2H3. The highest BCUT2D eigenvalue weighted by Gasteiger charge is 2.15. The molecule has 2 aliphatic rings. The highest BCUT2D eigenvalue weighted by Crippen LogP contribution is 2.34. The summed E-state index contributed by atoms with van der Waals surface area (Å²) in [5.74, 6) is 1.76. The summed E-state index contributed by atoms with van der Waals surface area (Å²) in [5, 5.41) is 0. The Labute approximate surface area is 196 Å². The fourth-order valence-corrected chi connectivity index (χ4v) is 5.43. The predicted octanol–water partition coefficient (Wildman–Crippen LogP) is 10.1. The van der Waals surface area contributed by atoms with Gasteiger partial charge in [-0.15, -0.1) is 0 Å². The van der Waals surface area contributed by atoms with Gasteiger partial charge in [0.15, 0.2) is 0 Å². The minimum absolute atomic E-state index is 0.845. The van der Waals surface area contributed by atoms with E-state index >= 15 is 0 Å². The summed E-state index contributed by atoms with van der Waals surface area (Å²) in [7, 11) is 0. The summed E-state index contributed by atoms with van der Waals surface area (Å²) < 4.78 is 0. The maximum Gasteiger partial charge on any atom is -0.0184 e. The third-order valence-corrected chi connectivity index (χ3v) is 7.75. The summed E-state index contributed by atoms with van der Waals surface area (Å²) >= 11 is 0. The second-order valence-corrected chi connectivity index (χ2v) is 10.3. The molecule has 0 amide bonds. The molecule has 0 N–H and O–H groups in total. The van der Waals surface area contributed by atoms with E-state index in [-0.39, 0.29) is 0 Å². The monoisotopic (exact) mass is 426 g/mol. The highest BCUT2D eigenvalue weighted by molar-refractivity contribution is 5.73. The Morgan fingerprint density at radius 1 is 0.625 bits per heavy atom. The van der Waals surface area contributed by atoms with Crippen molar-refractivity contribution in [2.24, 2.45) is 11.8 Å². The molecule has 2 aromatic rings. The molecule has 0 heteroatoms. The lowest BCUT2D eigenvalue weighted by Crippen LogP contribution is -2.05. The van der Waals surface area contributed by atoms with Crippen LogP contribution in [0.3, 0.4) is 0 Å². The van der Waals surface area contributed by atoms with E-state index in [2.05, 4.69) is 74.5 Å². The predicted molar refractivity (Wildman–Crippen MR) is 142 cm³/mol. The SMILES string of the molecule is CCCCCCCC1CC=C(c2ccc(-c3ccc(C4=CCC(C)CC4)cc3)cc2)CC1. The normalized spacial score (nSPS) is 21.2. The molecular weight excluding hydrogens is 384 g/mol. The topological polar surface area (TPSA) is 0 Å². The van der Waals surface area contributed by atoms with Gasteiger partial charge < -0.3 is 0 Å². The number of benzene rings is 2. The van der Waals surface area contributed by atoms with Gasteiger partial charge in [-0.2, -0.15) is 0 Å². The molecule has 32 heavy (non-hydrogen) atoms. The first kappa shape index (κ1) is 23.1. The van der Waals surface area contributed by atoms with Crippen LogP contribution in [0, 0.1) is 11.8 Å². The fraction of sp³-hybridized carbons (Fsp3) is 0.500. The van der Waals surface area contributed by atoms with Gasteiger partial charge >= 0.3 is 0 Å². The molecule has 0 spiro atoms. The maximum absolute atomic E-state index is 2.53. The molecule has 2 aromatic carbocycles. The molecule has 0 fully saturated rings. The lowest BCUT2D eigenvalue weighted by molar-refractivity contribution is 0.423. The van der Waals surface area contributed by atoms with Crippen molar-refractivity contribution in [2.75, 3.05) is 0 Å². The van der Waals surface area contributed by atoms with Crippen LogP contribution in [0.25, 0.3) is 22.3 Å². The zero-order chi connectivity index (χ0) is 22.2. The first-order chi connectivity index (χ1) is 15.7. The average Bonchev–Trinajstić information content (AvgIpc) is 2.85. The van der Waals surface area contributed by atoms with Crippen molar-refractivity contribution in [2.45, 2.75) is 90.9 Å². The Hall–Kier alpha value is -2.08. The van der Waals surface area contributed by atoms with Crippen LogP contribution in [-0.2, 0) is 0 Å². The Bertz CT molecular complexity index is 894. The summed E-state index contributed by atoms with van der Waals surface area (Å²) in [6, 6.07) is 18.5. The lowest BCUT2D eigenvalue weighted by atomic mass is 9.83. The average molecular weight is 427 g/mol. The molecule has 0 heterocycles. The number of rotatable bonds is 9. The molecule has 170 valence electrons. The molecule has 0 aromatic heterocycles. The van der Waals surface area contributed by atoms with E-state index in [4.69, 9.17) is 0 Å². The van der Waals surface area contributed by atoms with Crippen LogP contribution in [0.1, 0.15) is 102 Å². The minimum Gasteiger partial charge on any atom is -0.0805 e. The minimum atomic E-state index is 0.845. The molecule has 2 atom stereocenters. The molecule has 0 saturated carbocycles. The van der Waals surface area contributed by atoms with Gasteiger partial charge in [0.1, 0.15) is 0 Å². The van der Waals surface area contributed by atoms with Crippen molar-refractivity contribution in [3.8, 4) is 11.1 Å². The van der Waals surface area contributed by atoms with Crippen molar-refractivity contribution >= 4 is 11.1 Å². The highest BCUT2D eigenvalue weighted by atomic mass is 14.2. The first-order valence-corrected chi connectivity index (χ1v) is 13.3. The Morgan fingerprint density at radius 3 is 1.66 bits per heavy atom. The smallest absolute Gasteiger partial charge is 0.0184 e. The third-order valence-electron chi connectivity index (χ3n) is 7.75. The van der Waals surface area contributed by atoms with Crippen LogP contribution in [0.4, 0.5) is 0 Å². The fourth-order valence-electron chi connectivity index (χ4n) is 5.43. The maximum atomic E-state index is 2.53. The second-order valence-electron chi connectivity index (χ2n) is 10.3. The molecular formula is C32H42. The number of hydrogen-bond acceptors (Lipinski definition) is 0. The summed E-state index contributed by atoms with van der Waals surface area (Å²) in [4.78, 5) is 0. The molecule has 0 bridgehead atoms. The van der Waals surface area contributed by atoms with Gasteiger partial charge in [-0.1, -0.05) is 113 Å². The molecule has 0 saturated heterocycles. The summed E-state index contributed by atoms with van der Waals surface area (Å²) in [6.07, 6.45) is 21.1. The van der Waals surface area contributed by atoms with E-state index in [0.29, 0.717) is 0 Å². The lowest BCUT2D eigenvalue weighted by Gasteiger charge is -2.22. The van der Waals surface area contributed by atoms with Crippen LogP contribution in [0.2, 0.25) is 0 Å². The van der Waals surface area contributed by atoms with Gasteiger partial charge in [0, 0.05) is 0 Å². The second kappa shape index (κ2) is 11.7. The largest absolute Gasteiger partial charge is 0.0805 e. The van der Waals surface area contributed by atoms with Gasteiger partial charge in [0.05, 0.1) is 0 Å². The van der Waals surface area contributed by atoms with Gasteiger partial charge in [-0.25, -0.2) is 0 Å². The summed E-state index contributed by atoms with van der Waals surface area (Å²) in [5.41, 5.74) is 8.58. The van der Waals surface area contributed by atoms with Gasteiger partial charge in [0.2, 0.25) is 0 Å². The van der Waals surface area contributed by atoms with Crippen LogP contribution in [0.5, 0.6) is 0 Å². The van der Waals surface area contributed by atoms with Crippen molar-refractivity contribution < 1.29 is 0 Å². The van der Waals surface area contributed by atoms with Gasteiger partial charge in [-0.05, 0) is 83.8 Å². The number of unbranched alkanes of at least 4 members (excludes halogenated alkanes) is 4. The van der Waals surface area contributed by atoms with E-state index in [1.165, 1.54) is 105 Å². The van der Waals surface area contributed by atoms with E-state index < -0.39 is 0 Å². The van der Waals surface area contributed by atoms with Crippen molar-refractivity contribution in [3.63, 3.8) is 0 Å². The Balaban J connectivity index is 1.31. The van der Waals surface area contributed by atoms with Crippen LogP contribution >= 0.6 is 0 Å². The number of hydrogen-bond donors (Lipinski definition) is 0. The molecule has 4 rings (SSSR count). The molecule has 2 unspecified atom stereocenters. The first-order valence-electron chi connectivity index (χ1n) is 13.3. The third kappa shape index (κ3) is 6.25. The van der Waals surface area contributed by atoms with Crippen LogP contribution in [0.15, 0.2) is 60.7 Å². The van der Waals surface area contributed by atoms with E-state index in [0.717, 1.165) is 11.8 Å². The van der Waals surface area contributed by atoms with E-state index in [1.807, 2.05) is 0 Å². The van der Waals surface area contributed by atoms with Gasteiger partial charge in [0.25, 0.3) is 0 Å². The van der Waals surface area contributed by atoms with E-state index in [1.54, 1.807) is 5.57 Å². The zero-order valence-corrected chi connectivity index (χ0v) is 20.4. The van der Waals surface area contributed by atoms with Crippen LogP contribution < -0.4 is 0 Å². The molecule has 0 nitrogen and oxygen atoms in total. The Morgan fingerprint density at radius 2 is 1.16 bits per heavy atom. The van der Waals surface area contributed by atoms with E-state index in [9.17, 15) is 0 Å². The molecule has 0 radical (unpaired) electrons. The molecule has 2 aliphatic carbocycles. The van der Waals surface area contributed by atoms with Crippen molar-refractivity contribution in [1.82, 2.24) is 0 Å². The van der Waals surface area contributed by atoms with Gasteiger partial charge in [-0.3, -0.25) is 0 Å². The van der Waals surface area contributed by atoms with Crippen LogP contribution in [-0.4, -0.2) is 0 Å². The van der Waals surface area contributed by atoms with Crippen molar-refractivity contribution in [3.05, 3.63) is 71.8 Å². The molecule has 0 aliphatic heterocycles. The van der Waals surface area contributed by atoms with Crippen molar-refractivity contribution in [1.29, 1.82) is 0 Å². The number of allylic oxidation sites excluding steroid dienone is 4. The quantitative estimate of drug-likeness (QED) is 0.350. The zero-order valence-electron chi connectivity index (χ0n) is 20.4. The Kier molecular flexibility index (Phi) is 8.43. The summed E-state index contributed by atoms with van der Waals surface area (Å²) in [6.45, 7) is 4.66.